The first-order valence-corrected chi connectivity index (χ1v) is 6.69. The number of hydrogen-bond donors (Lipinski definition) is 4. The minimum atomic E-state index is -2.32. The maximum atomic E-state index is 12.6. The number of rotatable bonds is 0. The first-order valence-electron chi connectivity index (χ1n) is 6.69. The third-order valence-electron chi connectivity index (χ3n) is 4.13. The third kappa shape index (κ3) is 1.28. The Hall–Kier alpha value is -3.11. The van der Waals surface area contributed by atoms with E-state index in [2.05, 4.69) is 35.5 Å². The highest BCUT2D eigenvalue weighted by Gasteiger charge is 2.66. The molecule has 1 aliphatic heterocycles. The van der Waals surface area contributed by atoms with Crippen molar-refractivity contribution in [2.75, 3.05) is 10.6 Å². The molecule has 3 heterocycles. The normalized spacial score (nSPS) is 27.8. The van der Waals surface area contributed by atoms with E-state index >= 15 is 0 Å². The highest BCUT2D eigenvalue weighted by molar-refractivity contribution is 6.11. The molecule has 3 aromatic rings. The Labute approximate surface area is 127 Å². The lowest BCUT2D eigenvalue weighted by Crippen LogP contribution is -2.64. The molecule has 2 aliphatic rings. The molecule has 5 rings (SSSR count). The molecule has 2 atom stereocenters. The van der Waals surface area contributed by atoms with Crippen molar-refractivity contribution in [3.8, 4) is 0 Å². The summed E-state index contributed by atoms with van der Waals surface area (Å²) < 4.78 is 4.53. The lowest BCUT2D eigenvalue weighted by molar-refractivity contribution is -0.0919. The van der Waals surface area contributed by atoms with Gasteiger partial charge in [-0.15, -0.1) is 0 Å². The van der Waals surface area contributed by atoms with Gasteiger partial charge in [0.05, 0.1) is 0 Å². The molecule has 0 bridgehead atoms. The van der Waals surface area contributed by atoms with Crippen LogP contribution in [0.25, 0.3) is 11.3 Å². The lowest BCUT2D eigenvalue weighted by atomic mass is 9.96. The molecule has 10 nitrogen and oxygen atoms in total. The molecule has 0 fully saturated rings. The average molecular weight is 312 g/mol. The Kier molecular flexibility index (Phi) is 1.96. The molecule has 0 amide bonds. The zero-order valence-corrected chi connectivity index (χ0v) is 11.3. The van der Waals surface area contributed by atoms with Gasteiger partial charge in [0.25, 0.3) is 5.72 Å². The molecule has 4 N–H and O–H groups in total. The van der Waals surface area contributed by atoms with Crippen LogP contribution in [-0.2, 0) is 5.72 Å². The number of carbonyl (C=O) groups excluding carboxylic acids is 1. The first kappa shape index (κ1) is 12.4. The Balaban J connectivity index is 1.78. The van der Waals surface area contributed by atoms with Crippen LogP contribution in [0.2, 0.25) is 0 Å². The van der Waals surface area contributed by atoms with Crippen molar-refractivity contribution in [1.82, 2.24) is 20.3 Å². The van der Waals surface area contributed by atoms with Crippen LogP contribution in [0, 0.1) is 0 Å². The van der Waals surface area contributed by atoms with Crippen LogP contribution >= 0.6 is 0 Å². The van der Waals surface area contributed by atoms with Crippen LogP contribution in [-0.4, -0.2) is 42.0 Å². The topological polar surface area (TPSA) is 146 Å². The summed E-state index contributed by atoms with van der Waals surface area (Å²) in [6, 6.07) is 6.38. The molecule has 2 unspecified atom stereocenters. The van der Waals surface area contributed by atoms with E-state index < -0.39 is 17.2 Å². The molecule has 114 valence electrons. The predicted octanol–water partition coefficient (Wildman–Crippen LogP) is -0.420. The van der Waals surface area contributed by atoms with E-state index in [0.717, 1.165) is 0 Å². The van der Waals surface area contributed by atoms with Gasteiger partial charge < -0.3 is 20.8 Å². The lowest BCUT2D eigenvalue weighted by Gasteiger charge is -2.42. The van der Waals surface area contributed by atoms with E-state index in [-0.39, 0.29) is 34.1 Å². The Morgan fingerprint density at radius 3 is 2.26 bits per heavy atom. The molecular formula is C13H8N6O4. The summed E-state index contributed by atoms with van der Waals surface area (Å²) in [7, 11) is 0. The molecule has 0 saturated carbocycles. The van der Waals surface area contributed by atoms with Crippen LogP contribution in [0.1, 0.15) is 15.9 Å². The number of Topliss-reactive ketones (excluding diaryl/α,β-unsaturated/α-hetero) is 1. The maximum absolute atomic E-state index is 12.6. The molecule has 1 aliphatic carbocycles. The smallest absolute Gasteiger partial charge is 0.255 e. The number of aliphatic hydroxyl groups is 2. The van der Waals surface area contributed by atoms with Gasteiger partial charge >= 0.3 is 0 Å². The highest BCUT2D eigenvalue weighted by Crippen LogP contribution is 2.48. The monoisotopic (exact) mass is 312 g/mol. The number of fused-ring (bicyclic) bond motifs is 5. The standard InChI is InChI=1S/C13H8N6O4/c20-7-5-3-1-2-4-6(5)12(21)13(7,22)17-9-8(16-12)14-10-11(15-9)19-23-18-10/h1-4,21-22H,(H,14,16,18)(H,15,17,19). The van der Waals surface area contributed by atoms with Gasteiger partial charge in [-0.25, -0.2) is 14.6 Å². The van der Waals surface area contributed by atoms with Gasteiger partial charge in [0.1, 0.15) is 0 Å². The number of benzene rings is 1. The summed E-state index contributed by atoms with van der Waals surface area (Å²) >= 11 is 0. The summed E-state index contributed by atoms with van der Waals surface area (Å²) in [6.07, 6.45) is 0. The van der Waals surface area contributed by atoms with Gasteiger partial charge in [0.15, 0.2) is 11.6 Å². The second-order valence-electron chi connectivity index (χ2n) is 5.38. The number of carbonyl (C=O) groups is 1. The fourth-order valence-corrected chi connectivity index (χ4v) is 3.01. The van der Waals surface area contributed by atoms with Gasteiger partial charge in [0.2, 0.25) is 22.8 Å². The Morgan fingerprint density at radius 1 is 0.957 bits per heavy atom. The van der Waals surface area contributed by atoms with Gasteiger partial charge in [-0.2, -0.15) is 0 Å². The van der Waals surface area contributed by atoms with E-state index in [9.17, 15) is 15.0 Å². The van der Waals surface area contributed by atoms with Crippen LogP contribution < -0.4 is 10.6 Å². The summed E-state index contributed by atoms with van der Waals surface area (Å²) in [4.78, 5) is 20.8. The minimum Gasteiger partial charge on any atom is -0.363 e. The second kappa shape index (κ2) is 3.62. The van der Waals surface area contributed by atoms with E-state index in [1.165, 1.54) is 6.07 Å². The number of nitrogens with zero attached hydrogens (tertiary/aromatic N) is 4. The molecule has 0 saturated heterocycles. The molecule has 23 heavy (non-hydrogen) atoms. The number of anilines is 2. The zero-order valence-electron chi connectivity index (χ0n) is 11.3. The van der Waals surface area contributed by atoms with Crippen molar-refractivity contribution in [3.05, 3.63) is 35.4 Å². The van der Waals surface area contributed by atoms with E-state index in [4.69, 9.17) is 0 Å². The number of aromatic nitrogens is 4. The third-order valence-corrected chi connectivity index (χ3v) is 4.13. The van der Waals surface area contributed by atoms with Crippen LogP contribution in [0.15, 0.2) is 28.9 Å². The summed E-state index contributed by atoms with van der Waals surface area (Å²) in [5, 5.41) is 34.2. The van der Waals surface area contributed by atoms with Gasteiger partial charge in [0, 0.05) is 11.1 Å². The minimum absolute atomic E-state index is 0.0570. The average Bonchev–Trinajstić information content (AvgIpc) is 3.05. The largest absolute Gasteiger partial charge is 0.363 e. The SMILES string of the molecule is O=C1c2ccccc2C2(O)Nc3nc4nonc4nc3NC12O. The fourth-order valence-electron chi connectivity index (χ4n) is 3.01. The number of hydrogen-bond acceptors (Lipinski definition) is 10. The molecule has 1 aromatic carbocycles. The molecule has 10 heteroatoms. The molecule has 2 aromatic heterocycles. The zero-order chi connectivity index (χ0) is 15.8. The number of nitrogens with one attached hydrogen (secondary N) is 2. The predicted molar refractivity (Wildman–Crippen MR) is 74.3 cm³/mol. The fraction of sp³-hybridized carbons (Fsp3) is 0.154. The van der Waals surface area contributed by atoms with Crippen LogP contribution in [0.5, 0.6) is 0 Å². The quantitative estimate of drug-likeness (QED) is 0.431. The Morgan fingerprint density at radius 2 is 1.57 bits per heavy atom. The summed E-state index contributed by atoms with van der Waals surface area (Å²) in [6.45, 7) is 0. The molecule has 0 spiro atoms. The second-order valence-corrected chi connectivity index (χ2v) is 5.38. The van der Waals surface area contributed by atoms with E-state index in [0.29, 0.717) is 0 Å². The van der Waals surface area contributed by atoms with E-state index in [1.807, 2.05) is 0 Å². The Bertz CT molecular complexity index is 1000. The van der Waals surface area contributed by atoms with Crippen molar-refractivity contribution >= 4 is 28.7 Å². The first-order chi connectivity index (χ1) is 11.0. The van der Waals surface area contributed by atoms with Crippen molar-refractivity contribution in [1.29, 1.82) is 0 Å². The van der Waals surface area contributed by atoms with Crippen LogP contribution in [0.4, 0.5) is 11.6 Å². The maximum Gasteiger partial charge on any atom is 0.255 e. The van der Waals surface area contributed by atoms with Gasteiger partial charge in [-0.3, -0.25) is 4.79 Å². The van der Waals surface area contributed by atoms with Gasteiger partial charge in [-0.05, 0) is 10.3 Å². The highest BCUT2D eigenvalue weighted by atomic mass is 16.6. The van der Waals surface area contributed by atoms with Crippen LogP contribution in [0.3, 0.4) is 0 Å². The molecule has 0 radical (unpaired) electrons. The molecular weight excluding hydrogens is 304 g/mol. The summed E-state index contributed by atoms with van der Waals surface area (Å²) in [5.74, 6) is -0.500. The van der Waals surface area contributed by atoms with Gasteiger partial charge in [-0.1, -0.05) is 24.3 Å². The van der Waals surface area contributed by atoms with Crippen molar-refractivity contribution in [3.63, 3.8) is 0 Å². The van der Waals surface area contributed by atoms with E-state index in [1.54, 1.807) is 18.2 Å². The number of ketones is 1. The van der Waals surface area contributed by atoms with Crippen molar-refractivity contribution in [2.24, 2.45) is 0 Å². The summed E-state index contributed by atoms with van der Waals surface area (Å²) in [5.41, 5.74) is -3.72. The van der Waals surface area contributed by atoms with Crippen molar-refractivity contribution in [2.45, 2.75) is 11.4 Å². The van der Waals surface area contributed by atoms with Crippen molar-refractivity contribution < 1.29 is 19.6 Å².